The molecule has 0 aliphatic heterocycles. The minimum Gasteiger partial charge on any atom is -0.489 e. The van der Waals surface area contributed by atoms with E-state index >= 15 is 0 Å². The van der Waals surface area contributed by atoms with Gasteiger partial charge in [-0.2, -0.15) is 0 Å². The van der Waals surface area contributed by atoms with Gasteiger partial charge in [0.2, 0.25) is 0 Å². The predicted molar refractivity (Wildman–Crippen MR) is 67.5 cm³/mol. The average molecular weight is 272 g/mol. The monoisotopic (exact) mass is 271 g/mol. The lowest BCUT2D eigenvalue weighted by Crippen LogP contribution is -2.28. The largest absolute Gasteiger partial charge is 0.489 e. The second kappa shape index (κ2) is 6.13. The van der Waals surface area contributed by atoms with Crippen molar-refractivity contribution in [1.29, 1.82) is 0 Å². The fourth-order valence-electron chi connectivity index (χ4n) is 1.35. The number of hydrogen-bond acceptors (Lipinski definition) is 2. The Bertz CT molecular complexity index is 314. The lowest BCUT2D eigenvalue weighted by atomic mass is 10.2. The van der Waals surface area contributed by atoms with Crippen molar-refractivity contribution < 1.29 is 4.74 Å². The fourth-order valence-corrected chi connectivity index (χ4v) is 1.83. The first-order valence-electron chi connectivity index (χ1n) is 5.27. The van der Waals surface area contributed by atoms with Gasteiger partial charge >= 0.3 is 0 Å². The van der Waals surface area contributed by atoms with Crippen LogP contribution in [-0.2, 0) is 0 Å². The molecule has 3 heteroatoms. The highest BCUT2D eigenvalue weighted by Gasteiger charge is 2.05. The van der Waals surface area contributed by atoms with Gasteiger partial charge in [0.05, 0.1) is 0 Å². The summed E-state index contributed by atoms with van der Waals surface area (Å²) in [5, 5.41) is 3.26. The highest BCUT2D eigenvalue weighted by molar-refractivity contribution is 9.10. The van der Waals surface area contributed by atoms with Crippen LogP contribution in [0.2, 0.25) is 0 Å². The first-order chi connectivity index (χ1) is 7.13. The van der Waals surface area contributed by atoms with E-state index in [0.717, 1.165) is 28.9 Å². The lowest BCUT2D eigenvalue weighted by molar-refractivity contribution is 0.217. The molecule has 0 saturated carbocycles. The second-order valence-electron chi connectivity index (χ2n) is 3.65. The molecule has 0 fully saturated rings. The Morgan fingerprint density at radius 3 is 2.80 bits per heavy atom. The molecule has 1 aromatic carbocycles. The van der Waals surface area contributed by atoms with E-state index in [0.29, 0.717) is 0 Å². The smallest absolute Gasteiger partial charge is 0.122 e. The van der Waals surface area contributed by atoms with Crippen LogP contribution in [0.5, 0.6) is 5.75 Å². The summed E-state index contributed by atoms with van der Waals surface area (Å²) in [6, 6.07) is 6.07. The molecule has 1 N–H and O–H groups in total. The van der Waals surface area contributed by atoms with E-state index in [2.05, 4.69) is 48.1 Å². The van der Waals surface area contributed by atoms with Crippen LogP contribution in [0.25, 0.3) is 0 Å². The molecule has 0 spiro atoms. The summed E-state index contributed by atoms with van der Waals surface area (Å²) in [6.45, 7) is 8.08. The predicted octanol–water partition coefficient (Wildman–Crippen LogP) is 3.13. The maximum Gasteiger partial charge on any atom is 0.122 e. The maximum absolute atomic E-state index is 5.82. The summed E-state index contributed by atoms with van der Waals surface area (Å²) in [7, 11) is 0. The molecule has 2 nitrogen and oxygen atoms in total. The van der Waals surface area contributed by atoms with Crippen molar-refractivity contribution in [1.82, 2.24) is 5.32 Å². The van der Waals surface area contributed by atoms with Crippen LogP contribution in [-0.4, -0.2) is 19.2 Å². The number of nitrogens with one attached hydrogen (secondary N) is 1. The van der Waals surface area contributed by atoms with Crippen molar-refractivity contribution in [2.45, 2.75) is 26.9 Å². The number of halogens is 1. The zero-order valence-electron chi connectivity index (χ0n) is 9.51. The van der Waals surface area contributed by atoms with Crippen LogP contribution in [0.15, 0.2) is 22.7 Å². The van der Waals surface area contributed by atoms with Gasteiger partial charge in [-0.25, -0.2) is 0 Å². The summed E-state index contributed by atoms with van der Waals surface area (Å²) in [4.78, 5) is 0. The maximum atomic E-state index is 5.82. The highest BCUT2D eigenvalue weighted by atomic mass is 79.9. The van der Waals surface area contributed by atoms with Crippen molar-refractivity contribution in [2.24, 2.45) is 0 Å². The molecular weight excluding hydrogens is 254 g/mol. The van der Waals surface area contributed by atoms with Crippen LogP contribution < -0.4 is 10.1 Å². The summed E-state index contributed by atoms with van der Waals surface area (Å²) >= 11 is 3.44. The molecule has 0 heterocycles. The molecule has 1 unspecified atom stereocenters. The van der Waals surface area contributed by atoms with E-state index in [4.69, 9.17) is 4.74 Å². The molecule has 0 aliphatic rings. The van der Waals surface area contributed by atoms with Crippen molar-refractivity contribution in [3.8, 4) is 5.75 Å². The second-order valence-corrected chi connectivity index (χ2v) is 4.56. The topological polar surface area (TPSA) is 21.3 Å². The van der Waals surface area contributed by atoms with E-state index in [-0.39, 0.29) is 6.10 Å². The summed E-state index contributed by atoms with van der Waals surface area (Å²) in [5.41, 5.74) is 1.16. The van der Waals surface area contributed by atoms with Crippen LogP contribution in [0, 0.1) is 6.92 Å². The van der Waals surface area contributed by atoms with Gasteiger partial charge in [0, 0.05) is 11.0 Å². The minimum atomic E-state index is 0.199. The van der Waals surface area contributed by atoms with Crippen molar-refractivity contribution in [3.63, 3.8) is 0 Å². The van der Waals surface area contributed by atoms with E-state index in [9.17, 15) is 0 Å². The third-order valence-corrected chi connectivity index (χ3v) is 2.64. The van der Waals surface area contributed by atoms with Crippen LogP contribution in [0.1, 0.15) is 19.4 Å². The number of aryl methyl sites for hydroxylation is 1. The number of likely N-dealkylation sites (N-methyl/N-ethyl adjacent to an activating group) is 1. The van der Waals surface area contributed by atoms with Gasteiger partial charge in [-0.15, -0.1) is 0 Å². The van der Waals surface area contributed by atoms with E-state index in [1.165, 1.54) is 0 Å². The van der Waals surface area contributed by atoms with Gasteiger partial charge in [0.25, 0.3) is 0 Å². The Hall–Kier alpha value is -0.540. The normalized spacial score (nSPS) is 12.5. The first kappa shape index (κ1) is 12.5. The standard InChI is InChI=1S/C12H18BrNO/c1-4-14-8-10(3)15-12-6-5-11(13)7-9(12)2/h5-7,10,14H,4,8H2,1-3H3. The number of ether oxygens (including phenoxy) is 1. The van der Waals surface area contributed by atoms with Gasteiger partial charge in [0.1, 0.15) is 11.9 Å². The van der Waals surface area contributed by atoms with Crippen molar-refractivity contribution in [3.05, 3.63) is 28.2 Å². The van der Waals surface area contributed by atoms with E-state index < -0.39 is 0 Å². The van der Waals surface area contributed by atoms with E-state index in [1.54, 1.807) is 0 Å². The number of hydrogen-bond donors (Lipinski definition) is 1. The van der Waals surface area contributed by atoms with Gasteiger partial charge in [-0.3, -0.25) is 0 Å². The molecule has 84 valence electrons. The minimum absolute atomic E-state index is 0.199. The van der Waals surface area contributed by atoms with E-state index in [1.807, 2.05) is 12.1 Å². The Kier molecular flexibility index (Phi) is 5.12. The third kappa shape index (κ3) is 4.22. The molecular formula is C12H18BrNO. The van der Waals surface area contributed by atoms with Crippen LogP contribution in [0.3, 0.4) is 0 Å². The zero-order chi connectivity index (χ0) is 11.3. The average Bonchev–Trinajstić information content (AvgIpc) is 2.19. The molecule has 0 amide bonds. The lowest BCUT2D eigenvalue weighted by Gasteiger charge is -2.16. The summed E-state index contributed by atoms with van der Waals surface area (Å²) < 4.78 is 6.91. The van der Waals surface area contributed by atoms with Gasteiger partial charge in [-0.05, 0) is 44.2 Å². The Morgan fingerprint density at radius 1 is 1.47 bits per heavy atom. The molecule has 0 aromatic heterocycles. The molecule has 15 heavy (non-hydrogen) atoms. The Balaban J connectivity index is 2.56. The Morgan fingerprint density at radius 2 is 2.20 bits per heavy atom. The van der Waals surface area contributed by atoms with Gasteiger partial charge in [0.15, 0.2) is 0 Å². The van der Waals surface area contributed by atoms with Crippen molar-refractivity contribution in [2.75, 3.05) is 13.1 Å². The number of rotatable bonds is 5. The molecule has 0 bridgehead atoms. The molecule has 1 rings (SSSR count). The van der Waals surface area contributed by atoms with Crippen molar-refractivity contribution >= 4 is 15.9 Å². The Labute approximate surface area is 100 Å². The SMILES string of the molecule is CCNCC(C)Oc1ccc(Br)cc1C. The molecule has 0 aliphatic carbocycles. The zero-order valence-corrected chi connectivity index (χ0v) is 11.1. The highest BCUT2D eigenvalue weighted by Crippen LogP contribution is 2.22. The quantitative estimate of drug-likeness (QED) is 0.889. The first-order valence-corrected chi connectivity index (χ1v) is 6.06. The molecule has 1 aromatic rings. The molecule has 0 radical (unpaired) electrons. The van der Waals surface area contributed by atoms with Crippen LogP contribution in [0.4, 0.5) is 0 Å². The third-order valence-electron chi connectivity index (χ3n) is 2.15. The van der Waals surface area contributed by atoms with Crippen LogP contribution >= 0.6 is 15.9 Å². The summed E-state index contributed by atoms with van der Waals surface area (Å²) in [6.07, 6.45) is 0.199. The fraction of sp³-hybridized carbons (Fsp3) is 0.500. The van der Waals surface area contributed by atoms with Gasteiger partial charge in [-0.1, -0.05) is 22.9 Å². The number of benzene rings is 1. The molecule has 0 saturated heterocycles. The molecule has 1 atom stereocenters. The summed E-state index contributed by atoms with van der Waals surface area (Å²) in [5.74, 6) is 0.962. The van der Waals surface area contributed by atoms with Gasteiger partial charge < -0.3 is 10.1 Å².